The molecule has 0 spiro atoms. The van der Waals surface area contributed by atoms with Gasteiger partial charge in [-0.25, -0.2) is 0 Å². The lowest BCUT2D eigenvalue weighted by molar-refractivity contribution is 0.188. The Morgan fingerprint density at radius 2 is 1.95 bits per heavy atom. The molecule has 1 unspecified atom stereocenters. The van der Waals surface area contributed by atoms with E-state index in [4.69, 9.17) is 10.5 Å². The highest BCUT2D eigenvalue weighted by Crippen LogP contribution is 2.15. The third-order valence-electron chi connectivity index (χ3n) is 3.94. The molecule has 20 heavy (non-hydrogen) atoms. The molecule has 112 valence electrons. The number of likely N-dealkylation sites (tertiary alicyclic amines) is 1. The fourth-order valence-electron chi connectivity index (χ4n) is 2.81. The Labute approximate surface area is 123 Å². The SMILES string of the molecule is CC(COc1cccc(CN)c1)CN1CCCCCC1. The largest absolute Gasteiger partial charge is 0.493 e. The Morgan fingerprint density at radius 1 is 1.20 bits per heavy atom. The summed E-state index contributed by atoms with van der Waals surface area (Å²) in [6.45, 7) is 7.29. The summed E-state index contributed by atoms with van der Waals surface area (Å²) in [7, 11) is 0. The fourth-order valence-corrected chi connectivity index (χ4v) is 2.81. The fraction of sp³-hybridized carbons (Fsp3) is 0.647. The van der Waals surface area contributed by atoms with Crippen LogP contribution in [0.15, 0.2) is 24.3 Å². The van der Waals surface area contributed by atoms with E-state index in [1.165, 1.54) is 38.8 Å². The molecule has 3 heteroatoms. The Balaban J connectivity index is 1.74. The smallest absolute Gasteiger partial charge is 0.119 e. The van der Waals surface area contributed by atoms with Gasteiger partial charge in [-0.15, -0.1) is 0 Å². The minimum Gasteiger partial charge on any atom is -0.493 e. The number of hydrogen-bond acceptors (Lipinski definition) is 3. The summed E-state index contributed by atoms with van der Waals surface area (Å²) in [5.41, 5.74) is 6.78. The molecule has 3 nitrogen and oxygen atoms in total. The summed E-state index contributed by atoms with van der Waals surface area (Å²) in [6.07, 6.45) is 5.50. The van der Waals surface area contributed by atoms with Crippen molar-refractivity contribution >= 4 is 0 Å². The molecule has 1 saturated heterocycles. The molecule has 0 bridgehead atoms. The van der Waals surface area contributed by atoms with Crippen molar-refractivity contribution < 1.29 is 4.74 Å². The maximum atomic E-state index is 5.90. The first-order chi connectivity index (χ1) is 9.78. The van der Waals surface area contributed by atoms with Crippen molar-refractivity contribution in [3.8, 4) is 5.75 Å². The van der Waals surface area contributed by atoms with Crippen molar-refractivity contribution in [1.82, 2.24) is 4.90 Å². The predicted molar refractivity (Wildman–Crippen MR) is 83.9 cm³/mol. The molecule has 1 aromatic carbocycles. The molecule has 1 aromatic rings. The van der Waals surface area contributed by atoms with Gasteiger partial charge in [0, 0.05) is 19.0 Å². The van der Waals surface area contributed by atoms with Crippen molar-refractivity contribution in [1.29, 1.82) is 0 Å². The van der Waals surface area contributed by atoms with E-state index in [1.807, 2.05) is 24.3 Å². The monoisotopic (exact) mass is 276 g/mol. The van der Waals surface area contributed by atoms with E-state index in [9.17, 15) is 0 Å². The second kappa shape index (κ2) is 8.28. The molecular formula is C17H28N2O. The summed E-state index contributed by atoms with van der Waals surface area (Å²) in [5, 5.41) is 0. The first-order valence-electron chi connectivity index (χ1n) is 7.92. The number of ether oxygens (including phenoxy) is 1. The molecule has 1 heterocycles. The van der Waals surface area contributed by atoms with Gasteiger partial charge in [-0.1, -0.05) is 31.9 Å². The summed E-state index contributed by atoms with van der Waals surface area (Å²) in [5.74, 6) is 1.50. The molecular weight excluding hydrogens is 248 g/mol. The molecule has 0 aliphatic carbocycles. The molecule has 0 aromatic heterocycles. The average molecular weight is 276 g/mol. The van der Waals surface area contributed by atoms with Crippen LogP contribution in [0.4, 0.5) is 0 Å². The zero-order valence-corrected chi connectivity index (χ0v) is 12.7. The van der Waals surface area contributed by atoms with Crippen molar-refractivity contribution in [2.45, 2.75) is 39.2 Å². The van der Waals surface area contributed by atoms with Crippen LogP contribution < -0.4 is 10.5 Å². The predicted octanol–water partition coefficient (Wildman–Crippen LogP) is 3.04. The summed E-state index contributed by atoms with van der Waals surface area (Å²) in [4.78, 5) is 2.59. The zero-order chi connectivity index (χ0) is 14.2. The van der Waals surface area contributed by atoms with Gasteiger partial charge in [-0.05, 0) is 43.6 Å². The molecule has 1 aliphatic rings. The van der Waals surface area contributed by atoms with Gasteiger partial charge in [0.1, 0.15) is 5.75 Å². The van der Waals surface area contributed by atoms with E-state index in [2.05, 4.69) is 11.8 Å². The van der Waals surface area contributed by atoms with Gasteiger partial charge in [-0.3, -0.25) is 0 Å². The van der Waals surface area contributed by atoms with Crippen LogP contribution in [-0.2, 0) is 6.54 Å². The van der Waals surface area contributed by atoms with Crippen molar-refractivity contribution in [3.05, 3.63) is 29.8 Å². The molecule has 1 fully saturated rings. The van der Waals surface area contributed by atoms with E-state index in [1.54, 1.807) is 0 Å². The lowest BCUT2D eigenvalue weighted by Crippen LogP contribution is -2.31. The Bertz CT molecular complexity index is 386. The molecule has 2 rings (SSSR count). The number of nitrogens with zero attached hydrogens (tertiary/aromatic N) is 1. The first-order valence-corrected chi connectivity index (χ1v) is 7.92. The molecule has 0 radical (unpaired) electrons. The molecule has 1 atom stereocenters. The third-order valence-corrected chi connectivity index (χ3v) is 3.94. The number of benzene rings is 1. The minimum absolute atomic E-state index is 0.564. The normalized spacial score (nSPS) is 18.5. The zero-order valence-electron chi connectivity index (χ0n) is 12.7. The first kappa shape index (κ1) is 15.3. The molecule has 0 saturated carbocycles. The summed E-state index contributed by atoms with van der Waals surface area (Å²) < 4.78 is 5.90. The van der Waals surface area contributed by atoms with E-state index in [0.29, 0.717) is 12.5 Å². The lowest BCUT2D eigenvalue weighted by atomic mass is 10.1. The van der Waals surface area contributed by atoms with Crippen molar-refractivity contribution in [2.24, 2.45) is 11.7 Å². The Kier molecular flexibility index (Phi) is 6.34. The van der Waals surface area contributed by atoms with Gasteiger partial charge in [-0.2, -0.15) is 0 Å². The second-order valence-corrected chi connectivity index (χ2v) is 5.98. The van der Waals surface area contributed by atoms with E-state index in [-0.39, 0.29) is 0 Å². The molecule has 1 aliphatic heterocycles. The quantitative estimate of drug-likeness (QED) is 0.868. The lowest BCUT2D eigenvalue weighted by Gasteiger charge is -2.24. The maximum Gasteiger partial charge on any atom is 0.119 e. The van der Waals surface area contributed by atoms with Crippen LogP contribution in [0, 0.1) is 5.92 Å². The van der Waals surface area contributed by atoms with Crippen LogP contribution in [0.25, 0.3) is 0 Å². The number of rotatable bonds is 6. The van der Waals surface area contributed by atoms with Gasteiger partial charge in [0.15, 0.2) is 0 Å². The van der Waals surface area contributed by atoms with E-state index >= 15 is 0 Å². The van der Waals surface area contributed by atoms with Crippen LogP contribution in [0.2, 0.25) is 0 Å². The van der Waals surface area contributed by atoms with Crippen LogP contribution >= 0.6 is 0 Å². The minimum atomic E-state index is 0.564. The van der Waals surface area contributed by atoms with Gasteiger partial charge in [0.05, 0.1) is 6.61 Å². The van der Waals surface area contributed by atoms with E-state index < -0.39 is 0 Å². The summed E-state index contributed by atoms with van der Waals surface area (Å²) in [6, 6.07) is 8.10. The second-order valence-electron chi connectivity index (χ2n) is 5.98. The topological polar surface area (TPSA) is 38.5 Å². The Hall–Kier alpha value is -1.06. The van der Waals surface area contributed by atoms with Crippen LogP contribution in [-0.4, -0.2) is 31.1 Å². The van der Waals surface area contributed by atoms with Gasteiger partial charge < -0.3 is 15.4 Å². The third kappa shape index (κ3) is 5.14. The standard InChI is InChI=1S/C17H28N2O/c1-15(13-19-9-4-2-3-5-10-19)14-20-17-8-6-7-16(11-17)12-18/h6-8,11,15H,2-5,9-10,12-14,18H2,1H3. The average Bonchev–Trinajstić information content (AvgIpc) is 2.74. The van der Waals surface area contributed by atoms with Crippen molar-refractivity contribution in [3.63, 3.8) is 0 Å². The highest BCUT2D eigenvalue weighted by Gasteiger charge is 2.13. The molecule has 2 N–H and O–H groups in total. The molecule has 0 amide bonds. The number of nitrogens with two attached hydrogens (primary N) is 1. The van der Waals surface area contributed by atoms with Crippen LogP contribution in [0.5, 0.6) is 5.75 Å². The Morgan fingerprint density at radius 3 is 2.65 bits per heavy atom. The van der Waals surface area contributed by atoms with E-state index in [0.717, 1.165) is 24.5 Å². The number of hydrogen-bond donors (Lipinski definition) is 1. The highest BCUT2D eigenvalue weighted by molar-refractivity contribution is 5.28. The van der Waals surface area contributed by atoms with Crippen LogP contribution in [0.3, 0.4) is 0 Å². The van der Waals surface area contributed by atoms with Crippen LogP contribution in [0.1, 0.15) is 38.2 Å². The van der Waals surface area contributed by atoms with Gasteiger partial charge >= 0.3 is 0 Å². The maximum absolute atomic E-state index is 5.90. The summed E-state index contributed by atoms with van der Waals surface area (Å²) >= 11 is 0. The van der Waals surface area contributed by atoms with Gasteiger partial charge in [0.2, 0.25) is 0 Å². The highest BCUT2D eigenvalue weighted by atomic mass is 16.5. The van der Waals surface area contributed by atoms with Crippen molar-refractivity contribution in [2.75, 3.05) is 26.2 Å². The van der Waals surface area contributed by atoms with Gasteiger partial charge in [0.25, 0.3) is 0 Å².